The SMILES string of the molecule is Bc1cn(CCOCC(=O)OC(C)(C)C)c2cc(C(=O)OC)ccc12. The molecule has 0 aliphatic rings. The van der Waals surface area contributed by atoms with Crippen LogP contribution in [0.15, 0.2) is 24.4 Å². The second-order valence-electron chi connectivity index (χ2n) is 6.87. The molecule has 0 aliphatic carbocycles. The molecule has 0 N–H and O–H groups in total. The minimum atomic E-state index is -0.515. The van der Waals surface area contributed by atoms with E-state index in [0.717, 1.165) is 16.4 Å². The van der Waals surface area contributed by atoms with E-state index in [1.54, 1.807) is 6.07 Å². The first-order valence-electron chi connectivity index (χ1n) is 8.18. The van der Waals surface area contributed by atoms with E-state index < -0.39 is 5.60 Å². The highest BCUT2D eigenvalue weighted by Crippen LogP contribution is 2.16. The fraction of sp³-hybridized carbons (Fsp3) is 0.444. The van der Waals surface area contributed by atoms with Gasteiger partial charge in [0.15, 0.2) is 0 Å². The summed E-state index contributed by atoms with van der Waals surface area (Å²) in [6, 6.07) is 5.47. The van der Waals surface area contributed by atoms with Crippen LogP contribution in [0.3, 0.4) is 0 Å². The summed E-state index contributed by atoms with van der Waals surface area (Å²) in [5, 5.41) is 1.07. The van der Waals surface area contributed by atoms with Gasteiger partial charge in [-0.15, -0.1) is 0 Å². The van der Waals surface area contributed by atoms with Crippen molar-refractivity contribution in [2.24, 2.45) is 0 Å². The van der Waals surface area contributed by atoms with Gasteiger partial charge >= 0.3 is 11.9 Å². The monoisotopic (exact) mass is 345 g/mol. The molecular formula is C18H24BNO5. The summed E-state index contributed by atoms with van der Waals surface area (Å²) in [6.45, 7) is 6.31. The van der Waals surface area contributed by atoms with E-state index in [2.05, 4.69) is 0 Å². The Morgan fingerprint density at radius 3 is 2.60 bits per heavy atom. The molecule has 7 heteroatoms. The van der Waals surface area contributed by atoms with Crippen molar-refractivity contribution < 1.29 is 23.8 Å². The molecule has 1 aromatic carbocycles. The van der Waals surface area contributed by atoms with Gasteiger partial charge in [0.2, 0.25) is 0 Å². The van der Waals surface area contributed by atoms with Gasteiger partial charge in [0.25, 0.3) is 0 Å². The zero-order valence-electron chi connectivity index (χ0n) is 15.4. The van der Waals surface area contributed by atoms with E-state index in [-0.39, 0.29) is 18.5 Å². The van der Waals surface area contributed by atoms with Crippen molar-refractivity contribution >= 4 is 36.2 Å². The number of carbonyl (C=O) groups excluding carboxylic acids is 2. The zero-order chi connectivity index (χ0) is 18.6. The van der Waals surface area contributed by atoms with Crippen molar-refractivity contribution in [2.75, 3.05) is 20.3 Å². The summed E-state index contributed by atoms with van der Waals surface area (Å²) in [7, 11) is 3.37. The van der Waals surface area contributed by atoms with E-state index in [9.17, 15) is 9.59 Å². The number of esters is 2. The summed E-state index contributed by atoms with van der Waals surface area (Å²) in [5.74, 6) is -0.748. The largest absolute Gasteiger partial charge is 0.465 e. The standard InChI is InChI=1S/C18H24BNO5/c1-18(2,3)25-16(21)11-24-8-7-20-10-14(19)13-6-5-12(9-15(13)20)17(22)23-4/h5-6,9-10H,7-8,11,19H2,1-4H3. The number of ether oxygens (including phenoxy) is 3. The Balaban J connectivity index is 2.01. The van der Waals surface area contributed by atoms with E-state index in [1.807, 2.05) is 51.5 Å². The summed E-state index contributed by atoms with van der Waals surface area (Å²) < 4.78 is 17.4. The molecular weight excluding hydrogens is 321 g/mol. The topological polar surface area (TPSA) is 66.8 Å². The van der Waals surface area contributed by atoms with Crippen molar-refractivity contribution in [1.29, 1.82) is 0 Å². The fourth-order valence-corrected chi connectivity index (χ4v) is 2.59. The fourth-order valence-electron chi connectivity index (χ4n) is 2.59. The Hall–Kier alpha value is -2.28. The van der Waals surface area contributed by atoms with E-state index in [4.69, 9.17) is 14.2 Å². The molecule has 0 bridgehead atoms. The van der Waals surface area contributed by atoms with Crippen LogP contribution in [0, 0.1) is 0 Å². The molecule has 0 amide bonds. The third-order valence-corrected chi connectivity index (χ3v) is 3.62. The lowest BCUT2D eigenvalue weighted by molar-refractivity contribution is -0.160. The predicted octanol–water partition coefficient (Wildman–Crippen LogP) is 1.04. The maximum atomic E-state index is 11.7. The molecule has 25 heavy (non-hydrogen) atoms. The zero-order valence-corrected chi connectivity index (χ0v) is 15.4. The van der Waals surface area contributed by atoms with Crippen LogP contribution in [-0.4, -0.2) is 50.3 Å². The van der Waals surface area contributed by atoms with Gasteiger partial charge in [-0.2, -0.15) is 0 Å². The van der Waals surface area contributed by atoms with Crippen LogP contribution < -0.4 is 5.46 Å². The van der Waals surface area contributed by atoms with Crippen LogP contribution in [0.2, 0.25) is 0 Å². The van der Waals surface area contributed by atoms with Crippen LogP contribution in [0.1, 0.15) is 31.1 Å². The first-order valence-corrected chi connectivity index (χ1v) is 8.18. The van der Waals surface area contributed by atoms with E-state index in [0.29, 0.717) is 18.7 Å². The van der Waals surface area contributed by atoms with Crippen molar-refractivity contribution in [3.8, 4) is 0 Å². The number of fused-ring (bicyclic) bond motifs is 1. The summed E-state index contributed by atoms with van der Waals surface area (Å²) in [5.41, 5.74) is 2.03. The van der Waals surface area contributed by atoms with Gasteiger partial charge < -0.3 is 18.8 Å². The highest BCUT2D eigenvalue weighted by Gasteiger charge is 2.16. The third kappa shape index (κ3) is 5.10. The lowest BCUT2D eigenvalue weighted by Crippen LogP contribution is -2.26. The highest BCUT2D eigenvalue weighted by atomic mass is 16.6. The highest BCUT2D eigenvalue weighted by molar-refractivity contribution is 6.39. The number of rotatable bonds is 6. The summed E-state index contributed by atoms with van der Waals surface area (Å²) >= 11 is 0. The molecule has 0 atom stereocenters. The van der Waals surface area contributed by atoms with Crippen molar-refractivity contribution in [3.05, 3.63) is 30.0 Å². The Morgan fingerprint density at radius 1 is 1.24 bits per heavy atom. The summed E-state index contributed by atoms with van der Waals surface area (Å²) in [4.78, 5) is 23.4. The first kappa shape index (κ1) is 19.1. The van der Waals surface area contributed by atoms with E-state index >= 15 is 0 Å². The summed E-state index contributed by atoms with van der Waals surface area (Å²) in [6.07, 6.45) is 2.00. The smallest absolute Gasteiger partial charge is 0.337 e. The molecule has 1 aromatic heterocycles. The second kappa shape index (κ2) is 7.74. The van der Waals surface area contributed by atoms with Crippen LogP contribution in [-0.2, 0) is 25.5 Å². The quantitative estimate of drug-likeness (QED) is 0.445. The predicted molar refractivity (Wildman–Crippen MR) is 98.1 cm³/mol. The molecule has 0 fully saturated rings. The van der Waals surface area contributed by atoms with Crippen LogP contribution in [0.25, 0.3) is 10.9 Å². The lowest BCUT2D eigenvalue weighted by atomic mass is 9.95. The molecule has 0 unspecified atom stereocenters. The van der Waals surface area contributed by atoms with Crippen molar-refractivity contribution in [3.63, 3.8) is 0 Å². The normalized spacial score (nSPS) is 11.5. The lowest BCUT2D eigenvalue weighted by Gasteiger charge is -2.19. The number of methoxy groups -OCH3 is 1. The van der Waals surface area contributed by atoms with Crippen molar-refractivity contribution in [1.82, 2.24) is 4.57 Å². The van der Waals surface area contributed by atoms with Crippen LogP contribution in [0.5, 0.6) is 0 Å². The van der Waals surface area contributed by atoms with Gasteiger partial charge in [-0.1, -0.05) is 11.5 Å². The Morgan fingerprint density at radius 2 is 1.96 bits per heavy atom. The Bertz CT molecular complexity index is 776. The molecule has 0 spiro atoms. The number of carbonyl (C=O) groups is 2. The van der Waals surface area contributed by atoms with Gasteiger partial charge in [0, 0.05) is 12.1 Å². The van der Waals surface area contributed by atoms with Gasteiger partial charge in [-0.25, -0.2) is 9.59 Å². The number of hydrogen-bond acceptors (Lipinski definition) is 5. The number of aromatic nitrogens is 1. The third-order valence-electron chi connectivity index (χ3n) is 3.62. The van der Waals surface area contributed by atoms with Gasteiger partial charge in [-0.05, 0) is 44.5 Å². The molecule has 6 nitrogen and oxygen atoms in total. The Kier molecular flexibility index (Phi) is 5.90. The first-order chi connectivity index (χ1) is 11.7. The maximum Gasteiger partial charge on any atom is 0.337 e. The number of hydrogen-bond donors (Lipinski definition) is 0. The molecule has 0 saturated carbocycles. The maximum absolute atomic E-state index is 11.7. The Labute approximate surface area is 148 Å². The molecule has 0 aliphatic heterocycles. The van der Waals surface area contributed by atoms with Crippen LogP contribution in [0.4, 0.5) is 0 Å². The molecule has 2 rings (SSSR count). The molecule has 0 saturated heterocycles. The van der Waals surface area contributed by atoms with Gasteiger partial charge in [-0.3, -0.25) is 0 Å². The molecule has 1 heterocycles. The number of nitrogens with zero attached hydrogens (tertiary/aromatic N) is 1. The van der Waals surface area contributed by atoms with Gasteiger partial charge in [0.05, 0.1) is 19.3 Å². The molecule has 134 valence electrons. The second-order valence-corrected chi connectivity index (χ2v) is 6.87. The number of benzene rings is 1. The van der Waals surface area contributed by atoms with Crippen LogP contribution >= 0.6 is 0 Å². The minimum absolute atomic E-state index is 0.0805. The van der Waals surface area contributed by atoms with E-state index in [1.165, 1.54) is 7.11 Å². The van der Waals surface area contributed by atoms with Crippen molar-refractivity contribution in [2.45, 2.75) is 32.9 Å². The minimum Gasteiger partial charge on any atom is -0.465 e. The average Bonchev–Trinajstić information content (AvgIpc) is 2.85. The van der Waals surface area contributed by atoms with Gasteiger partial charge in [0.1, 0.15) is 20.1 Å². The molecule has 2 aromatic rings. The molecule has 0 radical (unpaired) electrons. The average molecular weight is 345 g/mol.